The van der Waals surface area contributed by atoms with Crippen molar-refractivity contribution in [1.82, 2.24) is 4.57 Å². The first-order valence-electron chi connectivity index (χ1n) is 12.2. The molecule has 206 valence electrons. The number of allylic oxidation sites excluding steroid dienone is 1. The molecule has 0 fully saturated rings. The summed E-state index contributed by atoms with van der Waals surface area (Å²) in [5.41, 5.74) is 1.71. The smallest absolute Gasteiger partial charge is 0.338 e. The molecule has 0 unspecified atom stereocenters. The van der Waals surface area contributed by atoms with Crippen LogP contribution in [0, 0.1) is 0 Å². The number of benzene rings is 2. The van der Waals surface area contributed by atoms with Crippen LogP contribution in [0.5, 0.6) is 23.0 Å². The van der Waals surface area contributed by atoms with Gasteiger partial charge in [-0.2, -0.15) is 0 Å². The Kier molecular flexibility index (Phi) is 8.66. The van der Waals surface area contributed by atoms with Crippen LogP contribution in [0.3, 0.4) is 0 Å². The van der Waals surface area contributed by atoms with E-state index >= 15 is 0 Å². The Hall–Kier alpha value is -3.76. The second-order valence-electron chi connectivity index (χ2n) is 8.38. The molecule has 1 aliphatic rings. The minimum absolute atomic E-state index is 0.180. The summed E-state index contributed by atoms with van der Waals surface area (Å²) in [7, 11) is 4.56. The van der Waals surface area contributed by atoms with Gasteiger partial charge in [-0.25, -0.2) is 9.79 Å². The number of carbonyl (C=O) groups is 1. The highest BCUT2D eigenvalue weighted by Crippen LogP contribution is 2.37. The average molecular weight is 573 g/mol. The second kappa shape index (κ2) is 12.0. The fourth-order valence-electron chi connectivity index (χ4n) is 4.41. The SMILES string of the molecule is CCOC(=O)C1=C(C)N=c2s/c(=C\c3cc(Cl)c(OC)c(OC)c3)c(=O)n2[C@H]1c1ccc(OC)c(OCC)c1. The zero-order valence-electron chi connectivity index (χ0n) is 22.5. The lowest BCUT2D eigenvalue weighted by atomic mass is 9.95. The number of aromatic nitrogens is 1. The molecule has 0 saturated carbocycles. The Bertz CT molecular complexity index is 1620. The number of carbonyl (C=O) groups excluding carboxylic acids is 1. The highest BCUT2D eigenvalue weighted by atomic mass is 35.5. The Morgan fingerprint density at radius 1 is 1.05 bits per heavy atom. The van der Waals surface area contributed by atoms with Crippen LogP contribution in [0.15, 0.2) is 51.4 Å². The Morgan fingerprint density at radius 2 is 1.79 bits per heavy atom. The van der Waals surface area contributed by atoms with Gasteiger partial charge in [-0.15, -0.1) is 0 Å². The molecular weight excluding hydrogens is 544 g/mol. The summed E-state index contributed by atoms with van der Waals surface area (Å²) < 4.78 is 29.2. The van der Waals surface area contributed by atoms with Crippen molar-refractivity contribution in [2.24, 2.45) is 4.99 Å². The summed E-state index contributed by atoms with van der Waals surface area (Å²) in [6, 6.07) is 7.95. The van der Waals surface area contributed by atoms with E-state index in [4.69, 9.17) is 35.3 Å². The van der Waals surface area contributed by atoms with E-state index < -0.39 is 12.0 Å². The van der Waals surface area contributed by atoms with E-state index in [0.29, 0.717) is 60.8 Å². The quantitative estimate of drug-likeness (QED) is 0.359. The normalized spacial score (nSPS) is 14.9. The van der Waals surface area contributed by atoms with Crippen LogP contribution in [-0.2, 0) is 9.53 Å². The van der Waals surface area contributed by atoms with Gasteiger partial charge in [0, 0.05) is 0 Å². The van der Waals surface area contributed by atoms with Crippen molar-refractivity contribution >= 4 is 35.0 Å². The third kappa shape index (κ3) is 5.39. The number of methoxy groups -OCH3 is 3. The highest BCUT2D eigenvalue weighted by Gasteiger charge is 2.34. The molecule has 1 aliphatic heterocycles. The highest BCUT2D eigenvalue weighted by molar-refractivity contribution is 7.07. The van der Waals surface area contributed by atoms with Crippen molar-refractivity contribution in [3.05, 3.63) is 77.4 Å². The van der Waals surface area contributed by atoms with Crippen LogP contribution in [0.2, 0.25) is 5.02 Å². The summed E-state index contributed by atoms with van der Waals surface area (Å²) in [5.74, 6) is 1.33. The molecule has 9 nitrogen and oxygen atoms in total. The molecule has 2 aromatic carbocycles. The zero-order chi connectivity index (χ0) is 28.3. The van der Waals surface area contributed by atoms with Gasteiger partial charge in [0.15, 0.2) is 27.8 Å². The van der Waals surface area contributed by atoms with Gasteiger partial charge in [-0.1, -0.05) is 29.0 Å². The summed E-state index contributed by atoms with van der Waals surface area (Å²) in [4.78, 5) is 32.1. The van der Waals surface area contributed by atoms with Crippen molar-refractivity contribution < 1.29 is 28.5 Å². The number of nitrogens with zero attached hydrogens (tertiary/aromatic N) is 2. The first-order valence-corrected chi connectivity index (χ1v) is 13.4. The Labute approximate surface area is 234 Å². The van der Waals surface area contributed by atoms with Gasteiger partial charge in [0.1, 0.15) is 0 Å². The van der Waals surface area contributed by atoms with Crippen molar-refractivity contribution in [2.75, 3.05) is 34.5 Å². The summed E-state index contributed by atoms with van der Waals surface area (Å²) in [6.45, 7) is 5.92. The molecule has 4 rings (SSSR count). The maximum absolute atomic E-state index is 13.9. The molecule has 0 amide bonds. The molecule has 1 aromatic heterocycles. The summed E-state index contributed by atoms with van der Waals surface area (Å²) >= 11 is 7.60. The molecular formula is C28H29ClN2O7S. The molecule has 11 heteroatoms. The monoisotopic (exact) mass is 572 g/mol. The van der Waals surface area contributed by atoms with Crippen LogP contribution in [0.25, 0.3) is 6.08 Å². The van der Waals surface area contributed by atoms with Crippen LogP contribution in [0.1, 0.15) is 37.9 Å². The van der Waals surface area contributed by atoms with Crippen molar-refractivity contribution in [1.29, 1.82) is 0 Å². The van der Waals surface area contributed by atoms with E-state index in [1.54, 1.807) is 57.4 Å². The lowest BCUT2D eigenvalue weighted by Crippen LogP contribution is -2.40. The number of hydrogen-bond donors (Lipinski definition) is 0. The minimum atomic E-state index is -0.790. The van der Waals surface area contributed by atoms with Gasteiger partial charge >= 0.3 is 5.97 Å². The first-order chi connectivity index (χ1) is 18.8. The molecule has 3 aromatic rings. The molecule has 1 atom stereocenters. The van der Waals surface area contributed by atoms with E-state index in [2.05, 4.69) is 4.99 Å². The molecule has 0 radical (unpaired) electrons. The van der Waals surface area contributed by atoms with E-state index in [9.17, 15) is 9.59 Å². The molecule has 2 heterocycles. The van der Waals surface area contributed by atoms with Crippen LogP contribution in [-0.4, -0.2) is 45.1 Å². The van der Waals surface area contributed by atoms with Crippen molar-refractivity contribution in [3.8, 4) is 23.0 Å². The number of ether oxygens (including phenoxy) is 5. The predicted molar refractivity (Wildman–Crippen MR) is 149 cm³/mol. The molecule has 39 heavy (non-hydrogen) atoms. The number of hydrogen-bond acceptors (Lipinski definition) is 9. The average Bonchev–Trinajstić information content (AvgIpc) is 3.21. The fourth-order valence-corrected chi connectivity index (χ4v) is 5.75. The Balaban J connectivity index is 1.96. The lowest BCUT2D eigenvalue weighted by molar-refractivity contribution is -0.139. The van der Waals surface area contributed by atoms with Crippen LogP contribution >= 0.6 is 22.9 Å². The largest absolute Gasteiger partial charge is 0.493 e. The third-order valence-electron chi connectivity index (χ3n) is 6.07. The fraction of sp³-hybridized carbons (Fsp3) is 0.321. The van der Waals surface area contributed by atoms with Crippen molar-refractivity contribution in [3.63, 3.8) is 0 Å². The first kappa shape index (κ1) is 28.3. The summed E-state index contributed by atoms with van der Waals surface area (Å²) in [5, 5.41) is 0.343. The lowest BCUT2D eigenvalue weighted by Gasteiger charge is -2.25. The van der Waals surface area contributed by atoms with Gasteiger partial charge in [-0.05, 0) is 62.2 Å². The third-order valence-corrected chi connectivity index (χ3v) is 7.34. The molecule has 0 spiro atoms. The maximum Gasteiger partial charge on any atom is 0.338 e. The van der Waals surface area contributed by atoms with Gasteiger partial charge in [0.2, 0.25) is 0 Å². The number of rotatable bonds is 9. The number of halogens is 1. The maximum atomic E-state index is 13.9. The number of fused-ring (bicyclic) bond motifs is 1. The molecule has 0 aliphatic carbocycles. The van der Waals surface area contributed by atoms with Gasteiger partial charge < -0.3 is 23.7 Å². The van der Waals surface area contributed by atoms with Crippen molar-refractivity contribution in [2.45, 2.75) is 26.8 Å². The predicted octanol–water partition coefficient (Wildman–Crippen LogP) is 3.88. The second-order valence-corrected chi connectivity index (χ2v) is 9.80. The Morgan fingerprint density at radius 3 is 2.44 bits per heavy atom. The van der Waals surface area contributed by atoms with Crippen LogP contribution in [0.4, 0.5) is 0 Å². The van der Waals surface area contributed by atoms with Gasteiger partial charge in [-0.3, -0.25) is 9.36 Å². The van der Waals surface area contributed by atoms with E-state index in [-0.39, 0.29) is 17.7 Å². The zero-order valence-corrected chi connectivity index (χ0v) is 24.1. The minimum Gasteiger partial charge on any atom is -0.493 e. The molecule has 0 saturated heterocycles. The van der Waals surface area contributed by atoms with Crippen LogP contribution < -0.4 is 33.8 Å². The van der Waals surface area contributed by atoms with E-state index in [1.807, 2.05) is 6.92 Å². The van der Waals surface area contributed by atoms with Gasteiger partial charge in [0.25, 0.3) is 5.56 Å². The molecule has 0 N–H and O–H groups in total. The van der Waals surface area contributed by atoms with E-state index in [0.717, 1.165) is 0 Å². The number of thiazole rings is 1. The molecule has 0 bridgehead atoms. The van der Waals surface area contributed by atoms with E-state index in [1.165, 1.54) is 30.1 Å². The topological polar surface area (TPSA) is 97.6 Å². The summed E-state index contributed by atoms with van der Waals surface area (Å²) in [6.07, 6.45) is 1.71. The number of esters is 1. The van der Waals surface area contributed by atoms with Gasteiger partial charge in [0.05, 0.1) is 61.4 Å². The standard InChI is InChI=1S/C28H29ClN2O7S/c1-7-37-20-14-17(9-10-19(20)34-4)24-23(27(33)38-8-2)15(3)30-28-31(24)26(32)22(39-28)13-16-11-18(29)25(36-6)21(12-16)35-5/h9-14,24H,7-8H2,1-6H3/b22-13-/t24-/m0/s1.